The third-order valence-corrected chi connectivity index (χ3v) is 0.756. The molecule has 0 saturated heterocycles. The molecule has 0 radical (unpaired) electrons. The van der Waals surface area contributed by atoms with Crippen molar-refractivity contribution in [3.63, 3.8) is 0 Å². The van der Waals surface area contributed by atoms with Gasteiger partial charge in [0.05, 0.1) is 0 Å². The normalized spacial score (nSPS) is 6.40. The van der Waals surface area contributed by atoms with Crippen LogP contribution >= 0.6 is 9.90 Å². The molecule has 1 unspecified atom stereocenters. The summed E-state index contributed by atoms with van der Waals surface area (Å²) in [5.41, 5.74) is 0. The molecule has 0 spiro atoms. The maximum absolute atomic E-state index is 8.63. The zero-order valence-corrected chi connectivity index (χ0v) is 7.37. The van der Waals surface area contributed by atoms with E-state index in [1.165, 1.54) is 0 Å². The zero-order chi connectivity index (χ0) is 7.11. The molecule has 1 aromatic carbocycles. The van der Waals surface area contributed by atoms with E-state index in [4.69, 9.17) is 5.11 Å². The van der Waals surface area contributed by atoms with Gasteiger partial charge in [0.1, 0.15) is 5.75 Å². The molecule has 0 bridgehead atoms. The van der Waals surface area contributed by atoms with Crippen LogP contribution in [0.3, 0.4) is 0 Å². The van der Waals surface area contributed by atoms with Crippen LogP contribution in [-0.4, -0.2) is 5.11 Å². The van der Waals surface area contributed by atoms with Gasteiger partial charge in [-0.25, -0.2) is 0 Å². The summed E-state index contributed by atoms with van der Waals surface area (Å²) < 4.78 is 0. The molecular weight excluding hydrogens is 143 g/mol. The van der Waals surface area contributed by atoms with E-state index in [1.54, 1.807) is 24.3 Å². The number of hydrogen-bond acceptors (Lipinski definition) is 1. The van der Waals surface area contributed by atoms with Crippen LogP contribution in [0.15, 0.2) is 43.5 Å². The molecule has 1 N–H and O–H groups in total. The van der Waals surface area contributed by atoms with Crippen molar-refractivity contribution in [2.24, 2.45) is 0 Å². The summed E-state index contributed by atoms with van der Waals surface area (Å²) in [6.45, 7) is 6.00. The summed E-state index contributed by atoms with van der Waals surface area (Å²) in [5.74, 6) is 0.322. The van der Waals surface area contributed by atoms with E-state index < -0.39 is 0 Å². The Morgan fingerprint density at radius 2 is 1.40 bits per heavy atom. The first kappa shape index (κ1) is 11.9. The lowest BCUT2D eigenvalue weighted by Gasteiger charge is -1.82. The molecule has 0 heterocycles. The molecule has 0 aliphatic rings. The lowest BCUT2D eigenvalue weighted by Crippen LogP contribution is -1.56. The zero-order valence-electron chi connectivity index (χ0n) is 5.96. The van der Waals surface area contributed by atoms with Gasteiger partial charge >= 0.3 is 0 Å². The first-order chi connectivity index (χ1) is 4.39. The largest absolute Gasteiger partial charge is 0.508 e. The standard InChI is InChI=1S/C6H6O.C2H4.H3P/c7-6-4-2-1-3-5-6;1-2;/h1-5,7H;1-2H2;1H3. The maximum atomic E-state index is 8.63. The van der Waals surface area contributed by atoms with Gasteiger partial charge in [0.15, 0.2) is 0 Å². The minimum Gasteiger partial charge on any atom is -0.508 e. The van der Waals surface area contributed by atoms with Gasteiger partial charge in [-0.15, -0.1) is 13.2 Å². The van der Waals surface area contributed by atoms with Gasteiger partial charge in [-0.1, -0.05) is 18.2 Å². The van der Waals surface area contributed by atoms with Crippen molar-refractivity contribution in [2.45, 2.75) is 0 Å². The van der Waals surface area contributed by atoms with Gasteiger partial charge in [0.2, 0.25) is 0 Å². The third kappa shape index (κ3) is 5.33. The highest BCUT2D eigenvalue weighted by atomic mass is 31.0. The monoisotopic (exact) mass is 156 g/mol. The Labute approximate surface area is 65.0 Å². The Kier molecular flexibility index (Phi) is 9.77. The summed E-state index contributed by atoms with van der Waals surface area (Å²) in [4.78, 5) is 0. The molecule has 0 amide bonds. The Morgan fingerprint density at radius 3 is 1.60 bits per heavy atom. The number of phenolic OH excluding ortho intramolecular Hbond substituents is 1. The van der Waals surface area contributed by atoms with E-state index >= 15 is 0 Å². The minimum atomic E-state index is 0. The molecule has 2 heteroatoms. The summed E-state index contributed by atoms with van der Waals surface area (Å²) in [7, 11) is 0. The predicted octanol–water partition coefficient (Wildman–Crippen LogP) is 2.25. The van der Waals surface area contributed by atoms with Gasteiger partial charge in [-0.3, -0.25) is 0 Å². The fraction of sp³-hybridized carbons (Fsp3) is 0. The molecule has 0 aliphatic heterocycles. The molecule has 1 nitrogen and oxygen atoms in total. The van der Waals surface area contributed by atoms with Crippen molar-refractivity contribution in [1.82, 2.24) is 0 Å². The summed E-state index contributed by atoms with van der Waals surface area (Å²) in [6.07, 6.45) is 0. The molecule has 0 aromatic heterocycles. The second-order valence-electron chi connectivity index (χ2n) is 1.34. The van der Waals surface area contributed by atoms with Gasteiger partial charge in [0.25, 0.3) is 0 Å². The van der Waals surface area contributed by atoms with Gasteiger partial charge in [-0.2, -0.15) is 9.90 Å². The SMILES string of the molecule is C=C.Oc1ccccc1.P. The van der Waals surface area contributed by atoms with Crippen LogP contribution in [0.25, 0.3) is 0 Å². The molecule has 1 rings (SSSR count). The van der Waals surface area contributed by atoms with Crippen LogP contribution in [-0.2, 0) is 0 Å². The van der Waals surface area contributed by atoms with Crippen LogP contribution in [0.1, 0.15) is 0 Å². The van der Waals surface area contributed by atoms with E-state index in [0.717, 1.165) is 0 Å². The van der Waals surface area contributed by atoms with E-state index in [2.05, 4.69) is 13.2 Å². The first-order valence-corrected chi connectivity index (χ1v) is 2.63. The Hall–Kier alpha value is -0.810. The Morgan fingerprint density at radius 1 is 1.00 bits per heavy atom. The highest BCUT2D eigenvalue weighted by molar-refractivity contribution is 6.92. The van der Waals surface area contributed by atoms with Crippen molar-refractivity contribution < 1.29 is 5.11 Å². The van der Waals surface area contributed by atoms with Crippen molar-refractivity contribution in [2.75, 3.05) is 0 Å². The maximum Gasteiger partial charge on any atom is 0.115 e. The summed E-state index contributed by atoms with van der Waals surface area (Å²) in [6, 6.07) is 8.71. The van der Waals surface area contributed by atoms with E-state index in [0.29, 0.717) is 5.75 Å². The van der Waals surface area contributed by atoms with Crippen LogP contribution in [0, 0.1) is 0 Å². The topological polar surface area (TPSA) is 20.2 Å². The summed E-state index contributed by atoms with van der Waals surface area (Å²) >= 11 is 0. The quantitative estimate of drug-likeness (QED) is 0.451. The number of phenols is 1. The van der Waals surface area contributed by atoms with Gasteiger partial charge in [0, 0.05) is 0 Å². The van der Waals surface area contributed by atoms with E-state index in [1.807, 2.05) is 6.07 Å². The summed E-state index contributed by atoms with van der Waals surface area (Å²) in [5, 5.41) is 8.63. The van der Waals surface area contributed by atoms with E-state index in [-0.39, 0.29) is 9.90 Å². The number of para-hydroxylation sites is 1. The van der Waals surface area contributed by atoms with Crippen molar-refractivity contribution in [1.29, 1.82) is 0 Å². The van der Waals surface area contributed by atoms with Crippen molar-refractivity contribution in [3.8, 4) is 5.75 Å². The second-order valence-corrected chi connectivity index (χ2v) is 1.34. The lowest BCUT2D eigenvalue weighted by molar-refractivity contribution is 0.475. The van der Waals surface area contributed by atoms with E-state index in [9.17, 15) is 0 Å². The van der Waals surface area contributed by atoms with Crippen molar-refractivity contribution in [3.05, 3.63) is 43.5 Å². The molecule has 0 saturated carbocycles. The van der Waals surface area contributed by atoms with Gasteiger partial charge in [-0.05, 0) is 12.1 Å². The predicted molar refractivity (Wildman–Crippen MR) is 50.5 cm³/mol. The molecule has 1 atom stereocenters. The van der Waals surface area contributed by atoms with Crippen LogP contribution in [0.4, 0.5) is 0 Å². The number of hydrogen-bond donors (Lipinski definition) is 1. The Balaban J connectivity index is 0. The van der Waals surface area contributed by atoms with Gasteiger partial charge < -0.3 is 5.11 Å². The Bertz CT molecular complexity index is 151. The molecular formula is C8H13OP. The second kappa shape index (κ2) is 8.19. The first-order valence-electron chi connectivity index (χ1n) is 2.63. The smallest absolute Gasteiger partial charge is 0.115 e. The minimum absolute atomic E-state index is 0. The molecule has 56 valence electrons. The lowest BCUT2D eigenvalue weighted by atomic mass is 10.3. The van der Waals surface area contributed by atoms with Crippen LogP contribution < -0.4 is 0 Å². The molecule has 0 aliphatic carbocycles. The molecule has 1 aromatic rings. The van der Waals surface area contributed by atoms with Crippen LogP contribution in [0.2, 0.25) is 0 Å². The van der Waals surface area contributed by atoms with Crippen LogP contribution in [0.5, 0.6) is 5.75 Å². The number of aromatic hydroxyl groups is 1. The van der Waals surface area contributed by atoms with Crippen molar-refractivity contribution >= 4 is 9.90 Å². The average molecular weight is 156 g/mol. The fourth-order valence-corrected chi connectivity index (χ4v) is 0.428. The number of benzene rings is 1. The average Bonchev–Trinajstić information content (AvgIpc) is 1.94. The molecule has 10 heavy (non-hydrogen) atoms. The molecule has 0 fully saturated rings. The highest BCUT2D eigenvalue weighted by Gasteiger charge is 1.74. The number of rotatable bonds is 0. The third-order valence-electron chi connectivity index (χ3n) is 0.756. The fourth-order valence-electron chi connectivity index (χ4n) is 0.428. The highest BCUT2D eigenvalue weighted by Crippen LogP contribution is 2.02.